The van der Waals surface area contributed by atoms with Crippen molar-refractivity contribution in [1.82, 2.24) is 14.9 Å². The highest BCUT2D eigenvalue weighted by Gasteiger charge is 2.31. The van der Waals surface area contributed by atoms with E-state index in [9.17, 15) is 13.2 Å². The minimum absolute atomic E-state index is 0.272. The van der Waals surface area contributed by atoms with Crippen molar-refractivity contribution in [2.45, 2.75) is 39.8 Å². The zero-order valence-electron chi connectivity index (χ0n) is 18.2. The van der Waals surface area contributed by atoms with E-state index >= 15 is 0 Å². The summed E-state index contributed by atoms with van der Waals surface area (Å²) in [4.78, 5) is 17.2. The van der Waals surface area contributed by atoms with Gasteiger partial charge in [0.1, 0.15) is 6.04 Å². The molecular formula is C23H28N4O3S. The van der Waals surface area contributed by atoms with Gasteiger partial charge in [-0.3, -0.25) is 9.10 Å². The first-order valence-corrected chi connectivity index (χ1v) is 12.0. The lowest BCUT2D eigenvalue weighted by molar-refractivity contribution is -0.122. The van der Waals surface area contributed by atoms with Gasteiger partial charge in [0.15, 0.2) is 0 Å². The van der Waals surface area contributed by atoms with Crippen LogP contribution in [0.2, 0.25) is 0 Å². The summed E-state index contributed by atoms with van der Waals surface area (Å²) in [6.07, 6.45) is 6.69. The summed E-state index contributed by atoms with van der Waals surface area (Å²) in [6, 6.07) is 12.3. The third-order valence-electron chi connectivity index (χ3n) is 5.30. The number of carbonyl (C=O) groups excluding carboxylic acids is 1. The number of carbonyl (C=O) groups is 1. The Bertz CT molecular complexity index is 1160. The van der Waals surface area contributed by atoms with Gasteiger partial charge in [0, 0.05) is 18.9 Å². The maximum atomic E-state index is 13.1. The van der Waals surface area contributed by atoms with Crippen LogP contribution >= 0.6 is 0 Å². The highest BCUT2D eigenvalue weighted by molar-refractivity contribution is 7.92. The SMILES string of the molecule is CC[C@@H](C(=O)NCc1ccccc1-n1ccnc1)N(c1ccc(C)c(C)c1)S(C)(=O)=O. The van der Waals surface area contributed by atoms with Crippen LogP contribution in [0.25, 0.3) is 5.69 Å². The van der Waals surface area contributed by atoms with Crippen LogP contribution in [0, 0.1) is 13.8 Å². The van der Waals surface area contributed by atoms with E-state index in [0.717, 1.165) is 28.6 Å². The summed E-state index contributed by atoms with van der Waals surface area (Å²) in [7, 11) is -3.67. The molecule has 164 valence electrons. The van der Waals surface area contributed by atoms with Crippen LogP contribution in [-0.2, 0) is 21.4 Å². The van der Waals surface area contributed by atoms with Crippen molar-refractivity contribution in [2.24, 2.45) is 0 Å². The third-order valence-corrected chi connectivity index (χ3v) is 6.48. The van der Waals surface area contributed by atoms with E-state index in [1.807, 2.05) is 61.9 Å². The second-order valence-electron chi connectivity index (χ2n) is 7.57. The second-order valence-corrected chi connectivity index (χ2v) is 9.43. The highest BCUT2D eigenvalue weighted by atomic mass is 32.2. The number of para-hydroxylation sites is 1. The quantitative estimate of drug-likeness (QED) is 0.582. The number of aromatic nitrogens is 2. The number of anilines is 1. The molecule has 0 saturated heterocycles. The van der Waals surface area contributed by atoms with Crippen molar-refractivity contribution < 1.29 is 13.2 Å². The molecule has 31 heavy (non-hydrogen) atoms. The molecule has 0 aliphatic heterocycles. The van der Waals surface area contributed by atoms with Gasteiger partial charge in [0.05, 0.1) is 24.0 Å². The van der Waals surface area contributed by atoms with Crippen molar-refractivity contribution >= 4 is 21.6 Å². The van der Waals surface area contributed by atoms with Crippen molar-refractivity contribution in [3.05, 3.63) is 77.9 Å². The van der Waals surface area contributed by atoms with E-state index < -0.39 is 16.1 Å². The molecule has 1 N–H and O–H groups in total. The first-order valence-electron chi connectivity index (χ1n) is 10.1. The second kappa shape index (κ2) is 9.34. The van der Waals surface area contributed by atoms with Crippen LogP contribution in [0.15, 0.2) is 61.2 Å². The van der Waals surface area contributed by atoms with E-state index in [4.69, 9.17) is 0 Å². The lowest BCUT2D eigenvalue weighted by Gasteiger charge is -2.30. The Morgan fingerprint density at radius 1 is 1.16 bits per heavy atom. The molecule has 2 aromatic carbocycles. The zero-order chi connectivity index (χ0) is 22.6. The van der Waals surface area contributed by atoms with E-state index in [2.05, 4.69) is 10.3 Å². The molecule has 0 unspecified atom stereocenters. The van der Waals surface area contributed by atoms with E-state index in [0.29, 0.717) is 12.1 Å². The van der Waals surface area contributed by atoms with Gasteiger partial charge >= 0.3 is 0 Å². The average molecular weight is 441 g/mol. The summed E-state index contributed by atoms with van der Waals surface area (Å²) < 4.78 is 28.4. The first kappa shape index (κ1) is 22.6. The van der Waals surface area contributed by atoms with Crippen LogP contribution in [0.4, 0.5) is 5.69 Å². The van der Waals surface area contributed by atoms with Gasteiger partial charge in [0.25, 0.3) is 0 Å². The van der Waals surface area contributed by atoms with E-state index in [1.54, 1.807) is 24.7 Å². The summed E-state index contributed by atoms with van der Waals surface area (Å²) in [5, 5.41) is 2.92. The number of rotatable bonds is 8. The molecule has 1 atom stereocenters. The molecule has 1 amide bonds. The minimum Gasteiger partial charge on any atom is -0.350 e. The molecule has 1 heterocycles. The Kier molecular flexibility index (Phi) is 6.80. The van der Waals surface area contributed by atoms with Gasteiger partial charge in [-0.2, -0.15) is 0 Å². The molecule has 8 heteroatoms. The average Bonchev–Trinajstić information content (AvgIpc) is 3.26. The molecular weight excluding hydrogens is 412 g/mol. The number of aryl methyl sites for hydroxylation is 2. The Morgan fingerprint density at radius 2 is 1.90 bits per heavy atom. The predicted molar refractivity (Wildman–Crippen MR) is 123 cm³/mol. The Morgan fingerprint density at radius 3 is 2.52 bits per heavy atom. The summed E-state index contributed by atoms with van der Waals surface area (Å²) in [5.41, 5.74) is 4.33. The van der Waals surface area contributed by atoms with Gasteiger partial charge in [-0.1, -0.05) is 31.2 Å². The molecule has 0 aliphatic carbocycles. The van der Waals surface area contributed by atoms with Gasteiger partial charge in [-0.05, 0) is 55.2 Å². The molecule has 0 spiro atoms. The van der Waals surface area contributed by atoms with Gasteiger partial charge in [-0.25, -0.2) is 13.4 Å². The summed E-state index contributed by atoms with van der Waals surface area (Å²) >= 11 is 0. The number of nitrogens with one attached hydrogen (secondary N) is 1. The number of imidazole rings is 1. The monoisotopic (exact) mass is 440 g/mol. The Hall–Kier alpha value is -3.13. The maximum Gasteiger partial charge on any atom is 0.244 e. The van der Waals surface area contributed by atoms with Crippen molar-refractivity contribution in [1.29, 1.82) is 0 Å². The third kappa shape index (κ3) is 5.14. The fraction of sp³-hybridized carbons (Fsp3) is 0.304. The van der Waals surface area contributed by atoms with Gasteiger partial charge in [-0.15, -0.1) is 0 Å². The fourth-order valence-electron chi connectivity index (χ4n) is 3.54. The Balaban J connectivity index is 1.86. The number of benzene rings is 2. The fourth-order valence-corrected chi connectivity index (χ4v) is 4.74. The van der Waals surface area contributed by atoms with E-state index in [-0.39, 0.29) is 12.5 Å². The molecule has 0 bridgehead atoms. The number of nitrogens with zero attached hydrogens (tertiary/aromatic N) is 3. The molecule has 0 radical (unpaired) electrons. The molecule has 3 rings (SSSR count). The lowest BCUT2D eigenvalue weighted by atomic mass is 10.1. The maximum absolute atomic E-state index is 13.1. The molecule has 3 aromatic rings. The standard InChI is InChI=1S/C23H28N4O3S/c1-5-21(27(31(4,29)30)20-11-10-17(2)18(3)14-20)23(28)25-15-19-8-6-7-9-22(19)26-13-12-24-16-26/h6-14,16,21H,5,15H2,1-4H3,(H,25,28)/t21-/m0/s1. The van der Waals surface area contributed by atoms with Gasteiger partial charge < -0.3 is 9.88 Å². The van der Waals surface area contributed by atoms with Crippen molar-refractivity contribution in [3.63, 3.8) is 0 Å². The predicted octanol–water partition coefficient (Wildman–Crippen LogP) is 3.35. The van der Waals surface area contributed by atoms with Crippen LogP contribution in [0.3, 0.4) is 0 Å². The molecule has 0 aliphatic rings. The smallest absolute Gasteiger partial charge is 0.244 e. The number of hydrogen-bond acceptors (Lipinski definition) is 4. The number of hydrogen-bond donors (Lipinski definition) is 1. The van der Waals surface area contributed by atoms with Crippen LogP contribution in [0.5, 0.6) is 0 Å². The molecule has 1 aromatic heterocycles. The topological polar surface area (TPSA) is 84.3 Å². The van der Waals surface area contributed by atoms with Crippen LogP contribution in [-0.4, -0.2) is 36.2 Å². The lowest BCUT2D eigenvalue weighted by Crippen LogP contribution is -2.49. The minimum atomic E-state index is -3.67. The van der Waals surface area contributed by atoms with Crippen LogP contribution in [0.1, 0.15) is 30.0 Å². The first-order chi connectivity index (χ1) is 14.7. The number of amides is 1. The van der Waals surface area contributed by atoms with Crippen molar-refractivity contribution in [2.75, 3.05) is 10.6 Å². The summed E-state index contributed by atoms with van der Waals surface area (Å²) in [5.74, 6) is -0.341. The summed E-state index contributed by atoms with van der Waals surface area (Å²) in [6.45, 7) is 5.97. The Labute approximate surface area is 183 Å². The largest absolute Gasteiger partial charge is 0.350 e. The molecule has 0 saturated carbocycles. The van der Waals surface area contributed by atoms with Gasteiger partial charge in [0.2, 0.25) is 15.9 Å². The zero-order valence-corrected chi connectivity index (χ0v) is 19.1. The van der Waals surface area contributed by atoms with Crippen LogP contribution < -0.4 is 9.62 Å². The normalized spacial score (nSPS) is 12.4. The molecule has 7 nitrogen and oxygen atoms in total. The highest BCUT2D eigenvalue weighted by Crippen LogP contribution is 2.25. The van der Waals surface area contributed by atoms with Crippen molar-refractivity contribution in [3.8, 4) is 5.69 Å². The molecule has 0 fully saturated rings. The number of sulfonamides is 1. The van der Waals surface area contributed by atoms with E-state index in [1.165, 1.54) is 4.31 Å².